The van der Waals surface area contributed by atoms with Crippen LogP contribution in [0.1, 0.15) is 13.8 Å². The Bertz CT molecular complexity index is 421. The van der Waals surface area contributed by atoms with Gasteiger partial charge in [0, 0.05) is 19.3 Å². The predicted octanol–water partition coefficient (Wildman–Crippen LogP) is 2.51. The van der Waals surface area contributed by atoms with Crippen LogP contribution >= 0.6 is 0 Å². The quantitative estimate of drug-likeness (QED) is 0.413. The maximum absolute atomic E-state index is 13.5. The molecular weight excluding hydrogens is 257 g/mol. The Kier molecular flexibility index (Phi) is 6.17. The number of halogens is 1. The van der Waals surface area contributed by atoms with E-state index in [2.05, 4.69) is 0 Å². The first-order chi connectivity index (χ1) is 9.08. The molecule has 0 fully saturated rings. The molecule has 0 N–H and O–H groups in total. The number of hydrogen-bond acceptors (Lipinski definition) is 5. The summed E-state index contributed by atoms with van der Waals surface area (Å²) >= 11 is 0. The summed E-state index contributed by atoms with van der Waals surface area (Å²) in [6.45, 7) is 4.50. The molecule has 7 heteroatoms. The molecule has 0 radical (unpaired) electrons. The summed E-state index contributed by atoms with van der Waals surface area (Å²) < 4.78 is 29.2. The molecule has 0 unspecified atom stereocenters. The largest absolute Gasteiger partial charge is 0.485 e. The first-order valence-corrected chi connectivity index (χ1v) is 5.88. The van der Waals surface area contributed by atoms with Crippen LogP contribution in [0.2, 0.25) is 0 Å². The van der Waals surface area contributed by atoms with Crippen molar-refractivity contribution in [3.8, 4) is 5.75 Å². The molecule has 0 atom stereocenters. The van der Waals surface area contributed by atoms with Gasteiger partial charge in [-0.2, -0.15) is 0 Å². The van der Waals surface area contributed by atoms with Crippen molar-refractivity contribution < 1.29 is 23.5 Å². The van der Waals surface area contributed by atoms with Gasteiger partial charge < -0.3 is 14.2 Å². The van der Waals surface area contributed by atoms with E-state index in [0.29, 0.717) is 13.2 Å². The lowest BCUT2D eigenvalue weighted by Crippen LogP contribution is -2.25. The van der Waals surface area contributed by atoms with Gasteiger partial charge in [-0.15, -0.1) is 0 Å². The van der Waals surface area contributed by atoms with Crippen LogP contribution in [0.5, 0.6) is 5.75 Å². The first-order valence-electron chi connectivity index (χ1n) is 5.88. The van der Waals surface area contributed by atoms with Gasteiger partial charge in [-0.25, -0.2) is 4.39 Å². The van der Waals surface area contributed by atoms with Gasteiger partial charge in [-0.1, -0.05) is 0 Å². The standard InChI is InChI=1S/C12H16FNO5/c1-3-17-12(18-4-2)8-19-11-6-5-9(14(15)16)7-10(11)13/h5-7,12H,3-4,8H2,1-2H3. The number of rotatable bonds is 8. The van der Waals surface area contributed by atoms with Crippen LogP contribution in [0.3, 0.4) is 0 Å². The number of non-ortho nitro benzene ring substituents is 1. The first kappa shape index (κ1) is 15.3. The zero-order chi connectivity index (χ0) is 14.3. The van der Waals surface area contributed by atoms with Crippen molar-refractivity contribution in [3.05, 3.63) is 34.1 Å². The van der Waals surface area contributed by atoms with Gasteiger partial charge in [0.25, 0.3) is 5.69 Å². The SMILES string of the molecule is CCOC(COc1ccc([N+](=O)[O-])cc1F)OCC. The molecular formula is C12H16FNO5. The zero-order valence-electron chi connectivity index (χ0n) is 10.8. The fraction of sp³-hybridized carbons (Fsp3) is 0.500. The van der Waals surface area contributed by atoms with Crippen LogP contribution in [-0.4, -0.2) is 31.0 Å². The Morgan fingerprint density at radius 2 is 1.95 bits per heavy atom. The molecule has 0 amide bonds. The second kappa shape index (κ2) is 7.65. The third-order valence-electron chi connectivity index (χ3n) is 2.21. The van der Waals surface area contributed by atoms with Gasteiger partial charge in [0.05, 0.1) is 11.0 Å². The minimum Gasteiger partial charge on any atom is -0.485 e. The lowest BCUT2D eigenvalue weighted by Gasteiger charge is -2.17. The van der Waals surface area contributed by atoms with Gasteiger partial charge in [0.1, 0.15) is 6.61 Å². The fourth-order valence-electron chi connectivity index (χ4n) is 1.39. The summed E-state index contributed by atoms with van der Waals surface area (Å²) in [5.41, 5.74) is -0.323. The van der Waals surface area contributed by atoms with Crippen molar-refractivity contribution in [1.29, 1.82) is 0 Å². The molecule has 1 rings (SSSR count). The van der Waals surface area contributed by atoms with Gasteiger partial charge in [0.2, 0.25) is 0 Å². The van der Waals surface area contributed by atoms with E-state index in [9.17, 15) is 14.5 Å². The lowest BCUT2D eigenvalue weighted by molar-refractivity contribution is -0.385. The number of nitro groups is 1. The smallest absolute Gasteiger partial charge is 0.272 e. The molecule has 0 bridgehead atoms. The summed E-state index contributed by atoms with van der Waals surface area (Å²) in [5.74, 6) is -0.865. The maximum Gasteiger partial charge on any atom is 0.272 e. The van der Waals surface area contributed by atoms with E-state index in [4.69, 9.17) is 14.2 Å². The molecule has 0 aliphatic heterocycles. The van der Waals surface area contributed by atoms with E-state index >= 15 is 0 Å². The van der Waals surface area contributed by atoms with E-state index in [1.165, 1.54) is 12.1 Å². The monoisotopic (exact) mass is 273 g/mol. The summed E-state index contributed by atoms with van der Waals surface area (Å²) in [6.07, 6.45) is -0.593. The van der Waals surface area contributed by atoms with Crippen LogP contribution in [0.25, 0.3) is 0 Å². The summed E-state index contributed by atoms with van der Waals surface area (Å²) in [6, 6.07) is 3.20. The van der Waals surface area contributed by atoms with Crippen molar-refractivity contribution in [2.24, 2.45) is 0 Å². The van der Waals surface area contributed by atoms with Crippen LogP contribution in [0, 0.1) is 15.9 Å². The number of ether oxygens (including phenoxy) is 3. The third-order valence-corrected chi connectivity index (χ3v) is 2.21. The third kappa shape index (κ3) is 4.80. The van der Waals surface area contributed by atoms with Crippen molar-refractivity contribution in [1.82, 2.24) is 0 Å². The molecule has 19 heavy (non-hydrogen) atoms. The molecule has 0 aliphatic rings. The fourth-order valence-corrected chi connectivity index (χ4v) is 1.39. The summed E-state index contributed by atoms with van der Waals surface area (Å²) in [7, 11) is 0. The lowest BCUT2D eigenvalue weighted by atomic mass is 10.3. The highest BCUT2D eigenvalue weighted by Gasteiger charge is 2.14. The van der Waals surface area contributed by atoms with Gasteiger partial charge in [-0.05, 0) is 19.9 Å². The molecule has 0 aromatic heterocycles. The Labute approximate surface area is 110 Å². The molecule has 1 aromatic carbocycles. The molecule has 106 valence electrons. The summed E-state index contributed by atoms with van der Waals surface area (Å²) in [5, 5.41) is 10.5. The van der Waals surface area contributed by atoms with Gasteiger partial charge in [-0.3, -0.25) is 10.1 Å². The molecule has 1 aromatic rings. The normalized spacial score (nSPS) is 10.7. The molecule has 6 nitrogen and oxygen atoms in total. The minimum absolute atomic E-state index is 0.0103. The predicted molar refractivity (Wildman–Crippen MR) is 65.6 cm³/mol. The highest BCUT2D eigenvalue weighted by molar-refractivity contribution is 5.37. The summed E-state index contributed by atoms with van der Waals surface area (Å²) in [4.78, 5) is 9.79. The van der Waals surface area contributed by atoms with Crippen LogP contribution in [0.15, 0.2) is 18.2 Å². The van der Waals surface area contributed by atoms with Crippen molar-refractivity contribution in [2.45, 2.75) is 20.1 Å². The van der Waals surface area contributed by atoms with Crippen molar-refractivity contribution in [2.75, 3.05) is 19.8 Å². The van der Waals surface area contributed by atoms with Crippen LogP contribution in [0.4, 0.5) is 10.1 Å². The second-order valence-corrected chi connectivity index (χ2v) is 3.52. The van der Waals surface area contributed by atoms with Crippen molar-refractivity contribution in [3.63, 3.8) is 0 Å². The molecule has 0 saturated carbocycles. The second-order valence-electron chi connectivity index (χ2n) is 3.52. The van der Waals surface area contributed by atoms with E-state index in [1.54, 1.807) is 13.8 Å². The Balaban J connectivity index is 2.63. The topological polar surface area (TPSA) is 70.8 Å². The average Bonchev–Trinajstić information content (AvgIpc) is 2.37. The van der Waals surface area contributed by atoms with Crippen LogP contribution < -0.4 is 4.74 Å². The highest BCUT2D eigenvalue weighted by Crippen LogP contribution is 2.22. The molecule has 0 spiro atoms. The zero-order valence-corrected chi connectivity index (χ0v) is 10.8. The number of hydrogen-bond donors (Lipinski definition) is 0. The van der Waals surface area contributed by atoms with E-state index in [0.717, 1.165) is 6.07 Å². The minimum atomic E-state index is -0.791. The van der Waals surface area contributed by atoms with Gasteiger partial charge in [0.15, 0.2) is 17.9 Å². The Hall–Kier alpha value is -1.73. The average molecular weight is 273 g/mol. The highest BCUT2D eigenvalue weighted by atomic mass is 19.1. The molecule has 0 heterocycles. The van der Waals surface area contributed by atoms with E-state index in [1.807, 2.05) is 0 Å². The maximum atomic E-state index is 13.5. The molecule has 0 aliphatic carbocycles. The molecule has 0 saturated heterocycles. The van der Waals surface area contributed by atoms with Crippen LogP contribution in [-0.2, 0) is 9.47 Å². The van der Waals surface area contributed by atoms with E-state index in [-0.39, 0.29) is 18.0 Å². The Morgan fingerprint density at radius 3 is 2.42 bits per heavy atom. The van der Waals surface area contributed by atoms with Crippen molar-refractivity contribution >= 4 is 5.69 Å². The van der Waals surface area contributed by atoms with E-state index < -0.39 is 17.0 Å². The van der Waals surface area contributed by atoms with Gasteiger partial charge >= 0.3 is 0 Å². The number of nitrogens with zero attached hydrogens (tertiary/aromatic N) is 1. The Morgan fingerprint density at radius 1 is 1.32 bits per heavy atom. The number of nitro benzene ring substituents is 1. The number of benzene rings is 1.